The third-order valence-corrected chi connectivity index (χ3v) is 2.87. The van der Waals surface area contributed by atoms with Gasteiger partial charge in [0.15, 0.2) is 0 Å². The number of aromatic nitrogens is 1. The third kappa shape index (κ3) is 2.87. The van der Waals surface area contributed by atoms with Crippen LogP contribution >= 0.6 is 23.2 Å². The molecule has 1 aliphatic rings. The highest BCUT2D eigenvalue weighted by Crippen LogP contribution is 2.16. The van der Waals surface area contributed by atoms with Crippen LogP contribution in [0.4, 0.5) is 0 Å². The molecule has 2 N–H and O–H groups in total. The summed E-state index contributed by atoms with van der Waals surface area (Å²) in [6.45, 7) is 0.434. The molecule has 1 aromatic rings. The van der Waals surface area contributed by atoms with Gasteiger partial charge in [-0.1, -0.05) is 23.2 Å². The molecule has 17 heavy (non-hydrogen) atoms. The van der Waals surface area contributed by atoms with Crippen LogP contribution in [0, 0.1) is 0 Å². The van der Waals surface area contributed by atoms with E-state index in [1.54, 1.807) is 0 Å². The molecule has 0 aliphatic carbocycles. The molecule has 1 saturated heterocycles. The van der Waals surface area contributed by atoms with Crippen molar-refractivity contribution in [1.82, 2.24) is 15.6 Å². The second kappa shape index (κ2) is 4.89. The minimum Gasteiger partial charge on any atom is -0.354 e. The van der Waals surface area contributed by atoms with Crippen LogP contribution in [0.3, 0.4) is 0 Å². The summed E-state index contributed by atoms with van der Waals surface area (Å²) in [7, 11) is 0. The Bertz CT molecular complexity index is 479. The lowest BCUT2D eigenvalue weighted by atomic mass is 10.2. The van der Waals surface area contributed by atoms with E-state index >= 15 is 0 Å². The summed E-state index contributed by atoms with van der Waals surface area (Å²) in [4.78, 5) is 26.6. The summed E-state index contributed by atoms with van der Waals surface area (Å²) in [5.41, 5.74) is 0.246. The van der Waals surface area contributed by atoms with Crippen molar-refractivity contribution in [3.05, 3.63) is 28.0 Å². The van der Waals surface area contributed by atoms with Gasteiger partial charge in [-0.25, -0.2) is 4.98 Å². The molecule has 0 spiro atoms. The largest absolute Gasteiger partial charge is 0.354 e. The first-order valence-electron chi connectivity index (χ1n) is 4.96. The lowest BCUT2D eigenvalue weighted by Gasteiger charge is -2.10. The normalized spacial score (nSPS) is 18.9. The van der Waals surface area contributed by atoms with E-state index in [1.807, 2.05) is 0 Å². The van der Waals surface area contributed by atoms with Crippen molar-refractivity contribution in [2.24, 2.45) is 0 Å². The van der Waals surface area contributed by atoms with E-state index < -0.39 is 0 Å². The summed E-state index contributed by atoms with van der Waals surface area (Å²) >= 11 is 11.4. The smallest absolute Gasteiger partial charge is 0.254 e. The number of pyridine rings is 1. The van der Waals surface area contributed by atoms with Crippen LogP contribution in [0.2, 0.25) is 10.3 Å². The maximum Gasteiger partial charge on any atom is 0.254 e. The Morgan fingerprint density at radius 1 is 1.47 bits per heavy atom. The Labute approximate surface area is 107 Å². The van der Waals surface area contributed by atoms with Crippen LogP contribution in [0.25, 0.3) is 0 Å². The highest BCUT2D eigenvalue weighted by molar-refractivity contribution is 6.34. The molecule has 0 bridgehead atoms. The Kier molecular flexibility index (Phi) is 3.49. The number of hydrogen-bond donors (Lipinski definition) is 2. The summed E-state index contributed by atoms with van der Waals surface area (Å²) in [5.74, 6) is -0.434. The molecule has 1 aromatic heterocycles. The molecule has 1 atom stereocenters. The number of nitrogens with one attached hydrogen (secondary N) is 2. The topological polar surface area (TPSA) is 71.1 Å². The van der Waals surface area contributed by atoms with Crippen LogP contribution in [0.15, 0.2) is 12.1 Å². The fourth-order valence-corrected chi connectivity index (χ4v) is 1.98. The van der Waals surface area contributed by atoms with Crippen molar-refractivity contribution < 1.29 is 9.59 Å². The number of amides is 2. The quantitative estimate of drug-likeness (QED) is 0.790. The van der Waals surface area contributed by atoms with Gasteiger partial charge in [0.25, 0.3) is 5.91 Å². The second-order valence-electron chi connectivity index (χ2n) is 3.65. The molecule has 2 rings (SSSR count). The molecule has 1 aliphatic heterocycles. The average molecular weight is 274 g/mol. The minimum absolute atomic E-state index is 0.0484. The maximum atomic E-state index is 11.8. The van der Waals surface area contributed by atoms with Crippen LogP contribution in [0.5, 0.6) is 0 Å². The minimum atomic E-state index is -0.360. The van der Waals surface area contributed by atoms with E-state index in [0.29, 0.717) is 6.54 Å². The fraction of sp³-hybridized carbons (Fsp3) is 0.300. The van der Waals surface area contributed by atoms with Crippen LogP contribution in [-0.2, 0) is 4.79 Å². The SMILES string of the molecule is O=C1CC(NC(=O)c2ccc(Cl)nc2Cl)CN1. The van der Waals surface area contributed by atoms with Crippen molar-refractivity contribution in [1.29, 1.82) is 0 Å². The summed E-state index contributed by atoms with van der Waals surface area (Å²) in [6.07, 6.45) is 0.282. The van der Waals surface area contributed by atoms with E-state index in [9.17, 15) is 9.59 Å². The summed E-state index contributed by atoms with van der Waals surface area (Å²) in [6, 6.07) is 2.78. The second-order valence-corrected chi connectivity index (χ2v) is 4.40. The predicted molar refractivity (Wildman–Crippen MR) is 63.1 cm³/mol. The van der Waals surface area contributed by atoms with Gasteiger partial charge in [-0.3, -0.25) is 9.59 Å². The van der Waals surface area contributed by atoms with Gasteiger partial charge in [0, 0.05) is 13.0 Å². The van der Waals surface area contributed by atoms with Crippen molar-refractivity contribution in [3.63, 3.8) is 0 Å². The van der Waals surface area contributed by atoms with Gasteiger partial charge >= 0.3 is 0 Å². The van der Waals surface area contributed by atoms with Crippen molar-refractivity contribution in [2.75, 3.05) is 6.54 Å². The third-order valence-electron chi connectivity index (χ3n) is 2.37. The van der Waals surface area contributed by atoms with Gasteiger partial charge < -0.3 is 10.6 Å². The zero-order valence-corrected chi connectivity index (χ0v) is 10.2. The van der Waals surface area contributed by atoms with Crippen molar-refractivity contribution >= 4 is 35.0 Å². The van der Waals surface area contributed by atoms with Gasteiger partial charge in [0.05, 0.1) is 11.6 Å². The molecule has 1 fully saturated rings. The molecule has 2 heterocycles. The Balaban J connectivity index is 2.07. The van der Waals surface area contributed by atoms with E-state index in [1.165, 1.54) is 12.1 Å². The van der Waals surface area contributed by atoms with Crippen LogP contribution in [-0.4, -0.2) is 29.4 Å². The summed E-state index contributed by atoms with van der Waals surface area (Å²) in [5, 5.41) is 5.60. The first kappa shape index (κ1) is 12.1. The predicted octanol–water partition coefficient (Wildman–Crippen LogP) is 1.01. The molecule has 2 amide bonds. The lowest BCUT2D eigenvalue weighted by molar-refractivity contribution is -0.119. The number of carbonyl (C=O) groups excluding carboxylic acids is 2. The van der Waals surface area contributed by atoms with Gasteiger partial charge in [0.1, 0.15) is 10.3 Å². The first-order chi connectivity index (χ1) is 8.06. The van der Waals surface area contributed by atoms with Crippen molar-refractivity contribution in [3.8, 4) is 0 Å². The van der Waals surface area contributed by atoms with E-state index in [4.69, 9.17) is 23.2 Å². The first-order valence-corrected chi connectivity index (χ1v) is 5.71. The number of halogens is 2. The van der Waals surface area contributed by atoms with E-state index in [-0.39, 0.29) is 40.1 Å². The van der Waals surface area contributed by atoms with Gasteiger partial charge in [-0.05, 0) is 12.1 Å². The number of carbonyl (C=O) groups is 2. The molecule has 0 aromatic carbocycles. The maximum absolute atomic E-state index is 11.8. The standard InChI is InChI=1S/C10H9Cl2N3O2/c11-7-2-1-6(9(12)15-7)10(17)14-5-3-8(16)13-4-5/h1-2,5H,3-4H2,(H,13,16)(H,14,17). The summed E-state index contributed by atoms with van der Waals surface area (Å²) < 4.78 is 0. The van der Waals surface area contributed by atoms with Crippen LogP contribution in [0.1, 0.15) is 16.8 Å². The van der Waals surface area contributed by atoms with Gasteiger partial charge in [-0.15, -0.1) is 0 Å². The number of nitrogens with zero attached hydrogens (tertiary/aromatic N) is 1. The molecule has 0 radical (unpaired) electrons. The number of rotatable bonds is 2. The molecule has 1 unspecified atom stereocenters. The molecular formula is C10H9Cl2N3O2. The molecule has 5 nitrogen and oxygen atoms in total. The molecular weight excluding hydrogens is 265 g/mol. The highest BCUT2D eigenvalue weighted by Gasteiger charge is 2.24. The highest BCUT2D eigenvalue weighted by atomic mass is 35.5. The van der Waals surface area contributed by atoms with Gasteiger partial charge in [-0.2, -0.15) is 0 Å². The lowest BCUT2D eigenvalue weighted by Crippen LogP contribution is -2.36. The Morgan fingerprint density at radius 2 is 2.24 bits per heavy atom. The molecule has 90 valence electrons. The number of hydrogen-bond acceptors (Lipinski definition) is 3. The fourth-order valence-electron chi connectivity index (χ4n) is 1.55. The van der Waals surface area contributed by atoms with Crippen molar-refractivity contribution in [2.45, 2.75) is 12.5 Å². The Hall–Kier alpha value is -1.33. The van der Waals surface area contributed by atoms with Crippen LogP contribution < -0.4 is 10.6 Å². The Morgan fingerprint density at radius 3 is 2.82 bits per heavy atom. The zero-order chi connectivity index (χ0) is 12.4. The molecule has 7 heteroatoms. The van der Waals surface area contributed by atoms with E-state index in [2.05, 4.69) is 15.6 Å². The van der Waals surface area contributed by atoms with E-state index in [0.717, 1.165) is 0 Å². The monoisotopic (exact) mass is 273 g/mol. The van der Waals surface area contributed by atoms with Gasteiger partial charge in [0.2, 0.25) is 5.91 Å². The molecule has 0 saturated carbocycles. The average Bonchev–Trinajstić information content (AvgIpc) is 2.63. The zero-order valence-electron chi connectivity index (χ0n) is 8.67.